The zero-order chi connectivity index (χ0) is 17.1. The first-order valence-corrected chi connectivity index (χ1v) is 7.85. The van der Waals surface area contributed by atoms with Gasteiger partial charge in [0.2, 0.25) is 5.89 Å². The SMILES string of the molecule is C[C@@H](OC(=O)c1cc(Cl)ccc1Cl)c1nnc(-c2ccccc2)o1. The highest BCUT2D eigenvalue weighted by molar-refractivity contribution is 6.35. The van der Waals surface area contributed by atoms with E-state index in [-0.39, 0.29) is 16.5 Å². The van der Waals surface area contributed by atoms with Gasteiger partial charge in [-0.1, -0.05) is 41.4 Å². The highest BCUT2D eigenvalue weighted by Crippen LogP contribution is 2.26. The molecule has 0 aliphatic rings. The smallest absolute Gasteiger partial charge is 0.340 e. The number of aromatic nitrogens is 2. The number of hydrogen-bond donors (Lipinski definition) is 0. The van der Waals surface area contributed by atoms with Crippen LogP contribution in [0.5, 0.6) is 0 Å². The Kier molecular flexibility index (Phi) is 4.83. The molecule has 0 fully saturated rings. The van der Waals surface area contributed by atoms with E-state index in [0.29, 0.717) is 10.9 Å². The molecule has 0 amide bonds. The van der Waals surface area contributed by atoms with Crippen molar-refractivity contribution >= 4 is 29.2 Å². The van der Waals surface area contributed by atoms with E-state index >= 15 is 0 Å². The van der Waals surface area contributed by atoms with Gasteiger partial charge in [-0.25, -0.2) is 4.79 Å². The predicted molar refractivity (Wildman–Crippen MR) is 90.0 cm³/mol. The summed E-state index contributed by atoms with van der Waals surface area (Å²) in [4.78, 5) is 12.2. The van der Waals surface area contributed by atoms with E-state index < -0.39 is 12.1 Å². The summed E-state index contributed by atoms with van der Waals surface area (Å²) in [6.07, 6.45) is -0.725. The van der Waals surface area contributed by atoms with Crippen LogP contribution in [0.2, 0.25) is 10.0 Å². The van der Waals surface area contributed by atoms with Crippen molar-refractivity contribution in [1.82, 2.24) is 10.2 Å². The van der Waals surface area contributed by atoms with Crippen LogP contribution in [0.15, 0.2) is 52.9 Å². The molecule has 2 aromatic carbocycles. The summed E-state index contributed by atoms with van der Waals surface area (Å²) in [5.74, 6) is -0.0656. The Labute approximate surface area is 148 Å². The predicted octanol–water partition coefficient (Wildman–Crippen LogP) is 4.96. The number of carbonyl (C=O) groups is 1. The van der Waals surface area contributed by atoms with Crippen molar-refractivity contribution in [2.45, 2.75) is 13.0 Å². The number of nitrogens with zero attached hydrogens (tertiary/aromatic N) is 2. The molecule has 0 saturated heterocycles. The quantitative estimate of drug-likeness (QED) is 0.613. The molecule has 3 rings (SSSR count). The van der Waals surface area contributed by atoms with Gasteiger partial charge in [0.15, 0.2) is 6.10 Å². The maximum Gasteiger partial charge on any atom is 0.340 e. The molecule has 1 aromatic heterocycles. The fourth-order valence-electron chi connectivity index (χ4n) is 2.02. The standard InChI is InChI=1S/C17H12Cl2N2O3/c1-10(23-17(22)13-9-12(18)7-8-14(13)19)15-20-21-16(24-15)11-5-3-2-4-6-11/h2-10H,1H3/t10-/m1/s1. The third kappa shape index (κ3) is 3.58. The van der Waals surface area contributed by atoms with Gasteiger partial charge in [-0.05, 0) is 37.3 Å². The summed E-state index contributed by atoms with van der Waals surface area (Å²) in [6, 6.07) is 13.9. The van der Waals surface area contributed by atoms with Crippen LogP contribution in [0.4, 0.5) is 0 Å². The molecule has 122 valence electrons. The lowest BCUT2D eigenvalue weighted by Gasteiger charge is -2.10. The number of hydrogen-bond acceptors (Lipinski definition) is 5. The van der Waals surface area contributed by atoms with Gasteiger partial charge in [0.05, 0.1) is 10.6 Å². The number of rotatable bonds is 4. The van der Waals surface area contributed by atoms with Crippen molar-refractivity contribution in [2.24, 2.45) is 0 Å². The fraction of sp³-hybridized carbons (Fsp3) is 0.118. The number of halogens is 2. The van der Waals surface area contributed by atoms with Gasteiger partial charge in [-0.3, -0.25) is 0 Å². The Morgan fingerprint density at radius 2 is 1.88 bits per heavy atom. The summed E-state index contributed by atoms with van der Waals surface area (Å²) in [5.41, 5.74) is 0.964. The minimum atomic E-state index is -0.725. The molecule has 0 aliphatic heterocycles. The van der Waals surface area contributed by atoms with E-state index in [1.807, 2.05) is 30.3 Å². The van der Waals surface area contributed by atoms with E-state index in [2.05, 4.69) is 10.2 Å². The maximum absolute atomic E-state index is 12.2. The molecule has 0 aliphatic carbocycles. The van der Waals surface area contributed by atoms with Crippen molar-refractivity contribution in [3.63, 3.8) is 0 Å². The number of esters is 1. The molecule has 1 heterocycles. The third-order valence-electron chi connectivity index (χ3n) is 3.24. The Morgan fingerprint density at radius 1 is 1.12 bits per heavy atom. The lowest BCUT2D eigenvalue weighted by Crippen LogP contribution is -2.10. The van der Waals surface area contributed by atoms with E-state index in [1.165, 1.54) is 12.1 Å². The largest absolute Gasteiger partial charge is 0.449 e. The molecule has 0 unspecified atom stereocenters. The van der Waals surface area contributed by atoms with Crippen molar-refractivity contribution in [3.8, 4) is 11.5 Å². The Hall–Kier alpha value is -2.37. The monoisotopic (exact) mass is 362 g/mol. The van der Waals surface area contributed by atoms with Crippen LogP contribution >= 0.6 is 23.2 Å². The molecular formula is C17H12Cl2N2O3. The maximum atomic E-state index is 12.2. The van der Waals surface area contributed by atoms with Crippen molar-refractivity contribution in [2.75, 3.05) is 0 Å². The molecular weight excluding hydrogens is 351 g/mol. The van der Waals surface area contributed by atoms with E-state index in [0.717, 1.165) is 5.56 Å². The molecule has 7 heteroatoms. The minimum absolute atomic E-state index is 0.179. The van der Waals surface area contributed by atoms with Crippen LogP contribution in [0.1, 0.15) is 29.3 Å². The first-order chi connectivity index (χ1) is 11.5. The van der Waals surface area contributed by atoms with E-state index in [4.69, 9.17) is 32.4 Å². The summed E-state index contributed by atoms with van der Waals surface area (Å²) in [7, 11) is 0. The average Bonchev–Trinajstić information content (AvgIpc) is 3.08. The van der Waals surface area contributed by atoms with Gasteiger partial charge in [0, 0.05) is 10.6 Å². The van der Waals surface area contributed by atoms with Gasteiger partial charge in [0.1, 0.15) is 0 Å². The van der Waals surface area contributed by atoms with Crippen molar-refractivity contribution in [1.29, 1.82) is 0 Å². The topological polar surface area (TPSA) is 65.2 Å². The lowest BCUT2D eigenvalue weighted by molar-refractivity contribution is 0.0280. The molecule has 24 heavy (non-hydrogen) atoms. The van der Waals surface area contributed by atoms with Gasteiger partial charge < -0.3 is 9.15 Å². The minimum Gasteiger partial charge on any atom is -0.449 e. The fourth-order valence-corrected chi connectivity index (χ4v) is 2.39. The molecule has 1 atom stereocenters. The van der Waals surface area contributed by atoms with Gasteiger partial charge >= 0.3 is 5.97 Å². The van der Waals surface area contributed by atoms with Gasteiger partial charge in [0.25, 0.3) is 5.89 Å². The Morgan fingerprint density at radius 3 is 2.62 bits per heavy atom. The molecule has 0 spiro atoms. The van der Waals surface area contributed by atoms with E-state index in [9.17, 15) is 4.79 Å². The van der Waals surface area contributed by atoms with Gasteiger partial charge in [-0.2, -0.15) is 0 Å². The number of carbonyl (C=O) groups excluding carboxylic acids is 1. The van der Waals surface area contributed by atoms with Gasteiger partial charge in [-0.15, -0.1) is 10.2 Å². The van der Waals surface area contributed by atoms with Crippen LogP contribution in [-0.4, -0.2) is 16.2 Å². The third-order valence-corrected chi connectivity index (χ3v) is 3.81. The lowest BCUT2D eigenvalue weighted by atomic mass is 10.2. The molecule has 3 aromatic rings. The first kappa shape index (κ1) is 16.5. The second kappa shape index (κ2) is 7.03. The highest BCUT2D eigenvalue weighted by Gasteiger charge is 2.21. The van der Waals surface area contributed by atoms with Crippen molar-refractivity contribution in [3.05, 3.63) is 70.0 Å². The molecule has 5 nitrogen and oxygen atoms in total. The van der Waals surface area contributed by atoms with Crippen LogP contribution in [0, 0.1) is 0 Å². The van der Waals surface area contributed by atoms with Crippen LogP contribution in [0.3, 0.4) is 0 Å². The molecule has 0 bridgehead atoms. The Balaban J connectivity index is 1.75. The summed E-state index contributed by atoms with van der Waals surface area (Å²) < 4.78 is 10.9. The second-order valence-corrected chi connectivity index (χ2v) is 5.83. The summed E-state index contributed by atoms with van der Waals surface area (Å²) in [6.45, 7) is 1.64. The molecule has 0 saturated carbocycles. The normalized spacial score (nSPS) is 12.0. The summed E-state index contributed by atoms with van der Waals surface area (Å²) >= 11 is 11.9. The van der Waals surface area contributed by atoms with Crippen molar-refractivity contribution < 1.29 is 13.9 Å². The van der Waals surface area contributed by atoms with Crippen LogP contribution in [-0.2, 0) is 4.74 Å². The second-order valence-electron chi connectivity index (χ2n) is 4.98. The zero-order valence-corrected chi connectivity index (χ0v) is 14.1. The number of ether oxygens (including phenoxy) is 1. The molecule has 0 N–H and O–H groups in total. The molecule has 0 radical (unpaired) electrons. The first-order valence-electron chi connectivity index (χ1n) is 7.09. The number of benzene rings is 2. The van der Waals surface area contributed by atoms with Crippen LogP contribution < -0.4 is 0 Å². The van der Waals surface area contributed by atoms with Crippen LogP contribution in [0.25, 0.3) is 11.5 Å². The summed E-state index contributed by atoms with van der Waals surface area (Å²) in [5, 5.41) is 8.54. The average molecular weight is 363 g/mol. The van der Waals surface area contributed by atoms with E-state index in [1.54, 1.807) is 13.0 Å². The highest BCUT2D eigenvalue weighted by atomic mass is 35.5. The zero-order valence-electron chi connectivity index (χ0n) is 12.6. The Bertz CT molecular complexity index is 865.